The number of thiophene rings is 1. The molecule has 4 aromatic rings. The fraction of sp³-hybridized carbons (Fsp3) is 0.192. The maximum absolute atomic E-state index is 13.2. The summed E-state index contributed by atoms with van der Waals surface area (Å²) in [6, 6.07) is 12.8. The Balaban J connectivity index is 1.28. The second-order valence-corrected chi connectivity index (χ2v) is 10.2. The Kier molecular flexibility index (Phi) is 6.84. The number of likely N-dealkylation sites (N-methyl/N-ethyl adjacent to an activating group) is 1. The molecule has 2 N–H and O–H groups in total. The summed E-state index contributed by atoms with van der Waals surface area (Å²) >= 11 is 3.03. The molecule has 0 saturated heterocycles. The van der Waals surface area contributed by atoms with Crippen LogP contribution in [0.5, 0.6) is 0 Å². The maximum Gasteiger partial charge on any atom is 0.291 e. The smallest absolute Gasteiger partial charge is 0.291 e. The van der Waals surface area contributed by atoms with E-state index in [2.05, 4.69) is 37.3 Å². The number of fused-ring (bicyclic) bond motifs is 1. The Morgan fingerprint density at radius 3 is 2.75 bits per heavy atom. The number of pyridine rings is 1. The zero-order valence-electron chi connectivity index (χ0n) is 19.6. The summed E-state index contributed by atoms with van der Waals surface area (Å²) in [6.45, 7) is 2.01. The second-order valence-electron chi connectivity index (χ2n) is 8.18. The van der Waals surface area contributed by atoms with Crippen LogP contribution in [0.25, 0.3) is 0 Å². The number of anilines is 1. The third-order valence-corrected chi connectivity index (χ3v) is 8.36. The molecule has 1 aliphatic heterocycles. The van der Waals surface area contributed by atoms with Gasteiger partial charge in [-0.25, -0.2) is 4.98 Å². The molecule has 0 fully saturated rings. The van der Waals surface area contributed by atoms with Crippen molar-refractivity contribution in [2.24, 2.45) is 0 Å². The first-order valence-corrected chi connectivity index (χ1v) is 13.0. The predicted octanol–water partition coefficient (Wildman–Crippen LogP) is 3.43. The van der Waals surface area contributed by atoms with E-state index in [0.717, 1.165) is 31.5 Å². The molecule has 8 nitrogen and oxygen atoms in total. The van der Waals surface area contributed by atoms with Gasteiger partial charge in [0.15, 0.2) is 0 Å². The van der Waals surface area contributed by atoms with Gasteiger partial charge in [0.1, 0.15) is 16.9 Å². The van der Waals surface area contributed by atoms with Gasteiger partial charge in [0.25, 0.3) is 11.8 Å². The maximum atomic E-state index is 13.2. The van der Waals surface area contributed by atoms with E-state index in [4.69, 9.17) is 0 Å². The molecule has 36 heavy (non-hydrogen) atoms. The van der Waals surface area contributed by atoms with E-state index in [1.807, 2.05) is 49.4 Å². The topological polar surface area (TPSA) is 104 Å². The number of aromatic nitrogens is 4. The van der Waals surface area contributed by atoms with Gasteiger partial charge in [0.05, 0.1) is 4.88 Å². The van der Waals surface area contributed by atoms with E-state index in [-0.39, 0.29) is 11.7 Å². The van der Waals surface area contributed by atoms with Crippen LogP contribution in [-0.4, -0.2) is 50.8 Å². The number of nitrogens with zero attached hydrogens (tertiary/aromatic N) is 4. The van der Waals surface area contributed by atoms with E-state index in [0.29, 0.717) is 18.0 Å². The van der Waals surface area contributed by atoms with Crippen molar-refractivity contribution in [2.45, 2.75) is 24.3 Å². The second kappa shape index (κ2) is 10.4. The minimum absolute atomic E-state index is 0.0188. The summed E-state index contributed by atoms with van der Waals surface area (Å²) in [7, 11) is 1.73. The molecule has 4 heterocycles. The van der Waals surface area contributed by atoms with Crippen molar-refractivity contribution in [3.05, 3.63) is 88.1 Å². The van der Waals surface area contributed by atoms with Crippen molar-refractivity contribution in [3.8, 4) is 11.8 Å². The van der Waals surface area contributed by atoms with Crippen molar-refractivity contribution in [1.29, 1.82) is 0 Å². The molecule has 0 saturated carbocycles. The van der Waals surface area contributed by atoms with Crippen LogP contribution in [0.3, 0.4) is 0 Å². The molecule has 5 rings (SSSR count). The zero-order valence-corrected chi connectivity index (χ0v) is 21.2. The average Bonchev–Trinajstić information content (AvgIpc) is 3.47. The number of carbonyl (C=O) groups is 2. The molecule has 0 unspecified atom stereocenters. The number of carbonyl (C=O) groups excluding carboxylic acids is 2. The highest BCUT2D eigenvalue weighted by atomic mass is 32.2. The highest BCUT2D eigenvalue weighted by Crippen LogP contribution is 2.43. The fourth-order valence-corrected chi connectivity index (χ4v) is 6.25. The van der Waals surface area contributed by atoms with E-state index in [9.17, 15) is 9.59 Å². The molecule has 0 aliphatic carbocycles. The number of hydrogen-bond acceptors (Lipinski definition) is 7. The molecule has 2 amide bonds. The summed E-state index contributed by atoms with van der Waals surface area (Å²) in [4.78, 5) is 37.9. The van der Waals surface area contributed by atoms with Gasteiger partial charge < -0.3 is 10.2 Å². The van der Waals surface area contributed by atoms with Crippen LogP contribution >= 0.6 is 23.1 Å². The van der Waals surface area contributed by atoms with E-state index in [1.165, 1.54) is 11.3 Å². The van der Waals surface area contributed by atoms with Gasteiger partial charge in [0.2, 0.25) is 5.82 Å². The molecule has 0 spiro atoms. The number of thioether (sulfide) groups is 1. The van der Waals surface area contributed by atoms with Gasteiger partial charge in [0, 0.05) is 42.1 Å². The van der Waals surface area contributed by atoms with Gasteiger partial charge in [-0.3, -0.25) is 19.7 Å². The van der Waals surface area contributed by atoms with Crippen LogP contribution in [0.4, 0.5) is 5.00 Å². The highest BCUT2D eigenvalue weighted by Gasteiger charge is 2.33. The summed E-state index contributed by atoms with van der Waals surface area (Å²) in [5, 5.41) is 10.5. The van der Waals surface area contributed by atoms with Crippen LogP contribution in [0.1, 0.15) is 38.0 Å². The van der Waals surface area contributed by atoms with Crippen molar-refractivity contribution in [1.82, 2.24) is 25.5 Å². The van der Waals surface area contributed by atoms with Crippen molar-refractivity contribution in [2.75, 3.05) is 17.7 Å². The molecular weight excluding hydrogens is 492 g/mol. The van der Waals surface area contributed by atoms with Crippen LogP contribution < -0.4 is 10.2 Å². The number of benzene rings is 1. The first kappa shape index (κ1) is 23.8. The quantitative estimate of drug-likeness (QED) is 0.405. The number of rotatable bonds is 4. The summed E-state index contributed by atoms with van der Waals surface area (Å²) < 4.78 is 0. The average molecular weight is 515 g/mol. The molecule has 1 aliphatic rings. The van der Waals surface area contributed by atoms with E-state index in [1.54, 1.807) is 36.1 Å². The number of H-pyrrole nitrogens is 1. The van der Waals surface area contributed by atoms with Crippen LogP contribution in [0.2, 0.25) is 0 Å². The molecular formula is C26H22N6O2S2. The van der Waals surface area contributed by atoms with Gasteiger partial charge >= 0.3 is 0 Å². The Hall–Kier alpha value is -3.94. The first-order valence-electron chi connectivity index (χ1n) is 11.2. The molecule has 180 valence electrons. The standard InChI is InChI=1S/C26H22N6O2S2/c1-16-20(9-8-17-10-12-27-13-11-17)36-26-22(16)35-15-19(25(34)32(26)2)28-24(33)23-29-21(30-31-23)14-18-6-4-3-5-7-18/h3-7,10-13,19H,14-15H2,1-2H3,(H,28,33)(H,29,30,31)/t19-/m0/s1. The van der Waals surface area contributed by atoms with Gasteiger partial charge in [-0.05, 0) is 30.2 Å². The van der Waals surface area contributed by atoms with E-state index < -0.39 is 11.9 Å². The number of hydrogen-bond donors (Lipinski definition) is 2. The van der Waals surface area contributed by atoms with Crippen LogP contribution in [-0.2, 0) is 11.2 Å². The van der Waals surface area contributed by atoms with Crippen molar-refractivity contribution in [3.63, 3.8) is 0 Å². The lowest BCUT2D eigenvalue weighted by atomic mass is 10.1. The summed E-state index contributed by atoms with van der Waals surface area (Å²) in [5.74, 6) is 6.72. The highest BCUT2D eigenvalue weighted by molar-refractivity contribution is 7.99. The van der Waals surface area contributed by atoms with Gasteiger partial charge in [-0.15, -0.1) is 28.2 Å². The minimum Gasteiger partial charge on any atom is -0.337 e. The molecule has 0 bridgehead atoms. The van der Waals surface area contributed by atoms with Crippen LogP contribution in [0, 0.1) is 18.8 Å². The fourth-order valence-electron chi connectivity index (χ4n) is 3.72. The number of aromatic amines is 1. The van der Waals surface area contributed by atoms with Crippen LogP contribution in [0.15, 0.2) is 59.8 Å². The largest absolute Gasteiger partial charge is 0.337 e. The Morgan fingerprint density at radius 1 is 1.19 bits per heavy atom. The number of nitrogens with one attached hydrogen (secondary N) is 2. The predicted molar refractivity (Wildman–Crippen MR) is 140 cm³/mol. The Bertz CT molecular complexity index is 1470. The minimum atomic E-state index is -0.700. The molecule has 3 aromatic heterocycles. The Morgan fingerprint density at radius 2 is 1.97 bits per heavy atom. The molecule has 1 atom stereocenters. The lowest BCUT2D eigenvalue weighted by Crippen LogP contribution is -2.48. The summed E-state index contributed by atoms with van der Waals surface area (Å²) in [6.07, 6.45) is 3.95. The first-order chi connectivity index (χ1) is 17.5. The SMILES string of the molecule is Cc1c(C#Cc2ccncc2)sc2c1SC[C@H](NC(=O)c1n[nH]c(Cc3ccccc3)n1)C(=O)N2C. The van der Waals surface area contributed by atoms with Crippen molar-refractivity contribution >= 4 is 39.9 Å². The zero-order chi connectivity index (χ0) is 25.1. The number of amides is 2. The summed E-state index contributed by atoms with van der Waals surface area (Å²) in [5.41, 5.74) is 2.98. The van der Waals surface area contributed by atoms with Crippen molar-refractivity contribution < 1.29 is 9.59 Å². The normalized spacial score (nSPS) is 15.0. The lowest BCUT2D eigenvalue weighted by Gasteiger charge is -2.19. The Labute approximate surface area is 216 Å². The third kappa shape index (κ3) is 5.03. The van der Waals surface area contributed by atoms with Gasteiger partial charge in [-0.1, -0.05) is 42.2 Å². The van der Waals surface area contributed by atoms with Gasteiger partial charge in [-0.2, -0.15) is 0 Å². The molecule has 10 heteroatoms. The lowest BCUT2D eigenvalue weighted by molar-refractivity contribution is -0.119. The molecule has 1 aromatic carbocycles. The van der Waals surface area contributed by atoms with E-state index >= 15 is 0 Å². The monoisotopic (exact) mass is 514 g/mol. The molecule has 0 radical (unpaired) electrons. The third-order valence-electron chi connectivity index (χ3n) is 5.66.